The smallest absolute Gasteiger partial charge is 0.256 e. The molecule has 26 heavy (non-hydrogen) atoms. The van der Waals surface area contributed by atoms with Crippen molar-refractivity contribution >= 4 is 33.1 Å². The Morgan fingerprint density at radius 1 is 1.19 bits per heavy atom. The zero-order chi connectivity index (χ0) is 18.1. The third-order valence-electron chi connectivity index (χ3n) is 4.85. The van der Waals surface area contributed by atoms with E-state index in [0.717, 1.165) is 47.8 Å². The summed E-state index contributed by atoms with van der Waals surface area (Å²) in [6.07, 6.45) is 5.41. The molecular formula is C21H19N3OS. The molecule has 1 amide bonds. The summed E-state index contributed by atoms with van der Waals surface area (Å²) in [5, 5.41) is 14.3. The third kappa shape index (κ3) is 3.09. The van der Waals surface area contributed by atoms with Gasteiger partial charge in [-0.15, -0.1) is 11.3 Å². The van der Waals surface area contributed by atoms with Crippen LogP contribution in [0.2, 0.25) is 0 Å². The molecule has 0 aliphatic heterocycles. The fourth-order valence-electron chi connectivity index (χ4n) is 3.48. The van der Waals surface area contributed by atoms with E-state index in [1.54, 1.807) is 17.4 Å². The Kier molecular flexibility index (Phi) is 4.44. The number of aryl methyl sites for hydroxylation is 2. The Labute approximate surface area is 156 Å². The third-order valence-corrected chi connectivity index (χ3v) is 6.06. The van der Waals surface area contributed by atoms with E-state index in [1.165, 1.54) is 11.3 Å². The summed E-state index contributed by atoms with van der Waals surface area (Å²) in [5.41, 5.74) is 4.07. The van der Waals surface area contributed by atoms with Gasteiger partial charge in [-0.25, -0.2) is 0 Å². The van der Waals surface area contributed by atoms with Crippen LogP contribution >= 0.6 is 11.3 Å². The number of nitrogens with one attached hydrogen (secondary N) is 1. The molecule has 1 N–H and O–H groups in total. The fourth-order valence-corrected chi connectivity index (χ4v) is 4.72. The number of aromatic nitrogens is 1. The number of pyridine rings is 1. The number of hydrogen-bond donors (Lipinski definition) is 1. The van der Waals surface area contributed by atoms with Crippen LogP contribution in [-0.2, 0) is 12.8 Å². The minimum absolute atomic E-state index is 0.192. The minimum atomic E-state index is -0.192. The average molecular weight is 361 g/mol. The Morgan fingerprint density at radius 3 is 2.85 bits per heavy atom. The maximum atomic E-state index is 12.7. The van der Waals surface area contributed by atoms with Gasteiger partial charge in [0, 0.05) is 21.5 Å². The highest BCUT2D eigenvalue weighted by Gasteiger charge is 2.21. The molecule has 1 aromatic carbocycles. The van der Waals surface area contributed by atoms with E-state index in [4.69, 9.17) is 0 Å². The summed E-state index contributed by atoms with van der Waals surface area (Å²) in [6, 6.07) is 11.8. The summed E-state index contributed by atoms with van der Waals surface area (Å²) in [4.78, 5) is 18.5. The van der Waals surface area contributed by atoms with Crippen LogP contribution in [-0.4, -0.2) is 10.9 Å². The molecule has 0 atom stereocenters. The van der Waals surface area contributed by atoms with Crippen molar-refractivity contribution < 1.29 is 4.79 Å². The second-order valence-electron chi connectivity index (χ2n) is 6.69. The van der Waals surface area contributed by atoms with Crippen LogP contribution < -0.4 is 5.32 Å². The molecule has 2 aromatic heterocycles. The van der Waals surface area contributed by atoms with Gasteiger partial charge in [0.25, 0.3) is 5.91 Å². The zero-order valence-corrected chi connectivity index (χ0v) is 15.4. The van der Waals surface area contributed by atoms with E-state index in [9.17, 15) is 10.1 Å². The van der Waals surface area contributed by atoms with Gasteiger partial charge in [-0.3, -0.25) is 9.78 Å². The first-order valence-electron chi connectivity index (χ1n) is 8.89. The van der Waals surface area contributed by atoms with Gasteiger partial charge < -0.3 is 5.32 Å². The number of nitrogens with zero attached hydrogens (tertiary/aromatic N) is 2. The van der Waals surface area contributed by atoms with Gasteiger partial charge in [0.2, 0.25) is 0 Å². The molecule has 0 saturated carbocycles. The molecule has 0 unspecified atom stereocenters. The standard InChI is InChI=1S/C21H19N3OS/c1-13-7-8-14-9-10-15(11-18(14)23-13)20(25)24-21-17(12-22)16-5-3-2-4-6-19(16)26-21/h7-11H,2-6H2,1H3,(H,24,25). The van der Waals surface area contributed by atoms with Gasteiger partial charge in [-0.05, 0) is 56.4 Å². The van der Waals surface area contributed by atoms with Crippen LogP contribution in [0.1, 0.15) is 51.3 Å². The number of rotatable bonds is 2. The number of fused-ring (bicyclic) bond motifs is 2. The normalized spacial score (nSPS) is 13.7. The zero-order valence-electron chi connectivity index (χ0n) is 14.6. The van der Waals surface area contributed by atoms with Crippen molar-refractivity contribution in [2.24, 2.45) is 0 Å². The van der Waals surface area contributed by atoms with Crippen molar-refractivity contribution in [1.82, 2.24) is 4.98 Å². The van der Waals surface area contributed by atoms with Crippen LogP contribution in [0.25, 0.3) is 10.9 Å². The van der Waals surface area contributed by atoms with Crippen molar-refractivity contribution in [3.63, 3.8) is 0 Å². The molecule has 4 nitrogen and oxygen atoms in total. The van der Waals surface area contributed by atoms with E-state index in [1.807, 2.05) is 31.2 Å². The maximum Gasteiger partial charge on any atom is 0.256 e. The highest BCUT2D eigenvalue weighted by Crippen LogP contribution is 2.37. The Morgan fingerprint density at radius 2 is 2.00 bits per heavy atom. The van der Waals surface area contributed by atoms with Crippen LogP contribution in [0.3, 0.4) is 0 Å². The minimum Gasteiger partial charge on any atom is -0.312 e. The monoisotopic (exact) mass is 361 g/mol. The number of nitriles is 1. The Balaban J connectivity index is 1.65. The highest BCUT2D eigenvalue weighted by molar-refractivity contribution is 7.16. The van der Waals surface area contributed by atoms with Gasteiger partial charge in [-0.2, -0.15) is 5.26 Å². The SMILES string of the molecule is Cc1ccc2ccc(C(=O)Nc3sc4c(c3C#N)CCCCC4)cc2n1. The molecule has 0 fully saturated rings. The predicted octanol–water partition coefficient (Wildman–Crippen LogP) is 5.00. The highest BCUT2D eigenvalue weighted by atomic mass is 32.1. The van der Waals surface area contributed by atoms with Gasteiger partial charge in [-0.1, -0.05) is 18.6 Å². The van der Waals surface area contributed by atoms with Crippen LogP contribution in [0.4, 0.5) is 5.00 Å². The first kappa shape index (κ1) is 16.7. The van der Waals surface area contributed by atoms with E-state index >= 15 is 0 Å². The molecule has 3 aromatic rings. The summed E-state index contributed by atoms with van der Waals surface area (Å²) < 4.78 is 0. The van der Waals surface area contributed by atoms with Gasteiger partial charge in [0.15, 0.2) is 0 Å². The molecule has 130 valence electrons. The lowest BCUT2D eigenvalue weighted by Gasteiger charge is -2.06. The van der Waals surface area contributed by atoms with Crippen molar-refractivity contribution in [1.29, 1.82) is 5.26 Å². The quantitative estimate of drug-likeness (QED) is 0.653. The number of thiophene rings is 1. The van der Waals surface area contributed by atoms with Crippen molar-refractivity contribution in [3.8, 4) is 6.07 Å². The van der Waals surface area contributed by atoms with Gasteiger partial charge >= 0.3 is 0 Å². The molecule has 1 aliphatic rings. The summed E-state index contributed by atoms with van der Waals surface area (Å²) >= 11 is 1.56. The second-order valence-corrected chi connectivity index (χ2v) is 7.80. The van der Waals surface area contributed by atoms with Crippen molar-refractivity contribution in [2.45, 2.75) is 39.0 Å². The number of hydrogen-bond acceptors (Lipinski definition) is 4. The summed E-state index contributed by atoms with van der Waals surface area (Å²) in [5.74, 6) is -0.192. The van der Waals surface area contributed by atoms with Gasteiger partial charge in [0.05, 0.1) is 11.1 Å². The van der Waals surface area contributed by atoms with E-state index in [0.29, 0.717) is 16.1 Å². The number of carbonyl (C=O) groups is 1. The lowest BCUT2D eigenvalue weighted by molar-refractivity contribution is 0.102. The second kappa shape index (κ2) is 6.89. The summed E-state index contributed by atoms with van der Waals surface area (Å²) in [6.45, 7) is 1.93. The van der Waals surface area contributed by atoms with Crippen molar-refractivity contribution in [3.05, 3.63) is 57.6 Å². The number of amides is 1. The number of anilines is 1. The Bertz CT molecular complexity index is 1050. The van der Waals surface area contributed by atoms with Gasteiger partial charge in [0.1, 0.15) is 11.1 Å². The molecular weight excluding hydrogens is 342 g/mol. The lowest BCUT2D eigenvalue weighted by Crippen LogP contribution is -2.12. The molecule has 2 heterocycles. The molecule has 1 aliphatic carbocycles. The molecule has 0 radical (unpaired) electrons. The van der Waals surface area contributed by atoms with Crippen LogP contribution in [0.15, 0.2) is 30.3 Å². The van der Waals surface area contributed by atoms with E-state index in [-0.39, 0.29) is 5.91 Å². The van der Waals surface area contributed by atoms with E-state index in [2.05, 4.69) is 16.4 Å². The Hall–Kier alpha value is -2.71. The van der Waals surface area contributed by atoms with Crippen molar-refractivity contribution in [2.75, 3.05) is 5.32 Å². The van der Waals surface area contributed by atoms with E-state index < -0.39 is 0 Å². The largest absolute Gasteiger partial charge is 0.312 e. The number of carbonyl (C=O) groups excluding carboxylic acids is 1. The van der Waals surface area contributed by atoms with Crippen LogP contribution in [0.5, 0.6) is 0 Å². The maximum absolute atomic E-state index is 12.7. The number of benzene rings is 1. The molecule has 4 rings (SSSR count). The fraction of sp³-hybridized carbons (Fsp3) is 0.286. The lowest BCUT2D eigenvalue weighted by atomic mass is 10.1. The van der Waals surface area contributed by atoms with Crippen LogP contribution in [0, 0.1) is 18.3 Å². The first-order chi connectivity index (χ1) is 12.7. The first-order valence-corrected chi connectivity index (χ1v) is 9.71. The molecule has 0 saturated heterocycles. The topological polar surface area (TPSA) is 65.8 Å². The average Bonchev–Trinajstić information content (AvgIpc) is 2.80. The predicted molar refractivity (Wildman–Crippen MR) is 105 cm³/mol. The molecule has 5 heteroatoms. The molecule has 0 spiro atoms. The molecule has 0 bridgehead atoms. The summed E-state index contributed by atoms with van der Waals surface area (Å²) in [7, 11) is 0.